The first-order chi connectivity index (χ1) is 17.1. The van der Waals surface area contributed by atoms with E-state index in [4.69, 9.17) is 16.7 Å². The summed E-state index contributed by atoms with van der Waals surface area (Å²) in [7, 11) is 0. The van der Waals surface area contributed by atoms with Gasteiger partial charge >= 0.3 is 0 Å². The average molecular weight is 481 g/mol. The van der Waals surface area contributed by atoms with Crippen LogP contribution >= 0.6 is 11.6 Å². The van der Waals surface area contributed by atoms with Crippen LogP contribution in [0.15, 0.2) is 90.6 Å². The quantitative estimate of drug-likeness (QED) is 0.216. The zero-order chi connectivity index (χ0) is 24.6. The molecule has 0 saturated carbocycles. The second-order valence-electron chi connectivity index (χ2n) is 8.14. The third-order valence-electron chi connectivity index (χ3n) is 5.58. The number of hydrogen-bond acceptors (Lipinski definition) is 3. The molecule has 5 nitrogen and oxygen atoms in total. The molecule has 4 rings (SSSR count). The van der Waals surface area contributed by atoms with E-state index >= 15 is 0 Å². The molecule has 0 bridgehead atoms. The van der Waals surface area contributed by atoms with E-state index in [0.29, 0.717) is 22.0 Å². The average Bonchev–Trinajstić information content (AvgIpc) is 3.31. The molecule has 35 heavy (non-hydrogen) atoms. The van der Waals surface area contributed by atoms with Gasteiger partial charge in [0.25, 0.3) is 5.91 Å². The van der Waals surface area contributed by atoms with Crippen molar-refractivity contribution in [1.82, 2.24) is 9.78 Å². The van der Waals surface area contributed by atoms with Crippen molar-refractivity contribution in [2.24, 2.45) is 0 Å². The fourth-order valence-corrected chi connectivity index (χ4v) is 3.80. The molecule has 0 saturated heterocycles. The molecule has 0 fully saturated rings. The van der Waals surface area contributed by atoms with Gasteiger partial charge in [0.1, 0.15) is 11.6 Å². The maximum absolute atomic E-state index is 12.9. The van der Waals surface area contributed by atoms with Gasteiger partial charge in [0, 0.05) is 28.0 Å². The minimum atomic E-state index is -0.469. The molecular formula is C29H25ClN4O. The Morgan fingerprint density at radius 2 is 1.77 bits per heavy atom. The smallest absolute Gasteiger partial charge is 0.266 e. The molecule has 0 atom stereocenters. The highest BCUT2D eigenvalue weighted by Crippen LogP contribution is 2.27. The lowest BCUT2D eigenvalue weighted by Gasteiger charge is -2.06. The number of benzene rings is 3. The minimum absolute atomic E-state index is 0.0112. The van der Waals surface area contributed by atoms with E-state index in [-0.39, 0.29) is 5.57 Å². The minimum Gasteiger partial charge on any atom is -0.321 e. The fraction of sp³-hybridized carbons (Fsp3) is 0.138. The largest absolute Gasteiger partial charge is 0.321 e. The van der Waals surface area contributed by atoms with E-state index in [1.54, 1.807) is 22.9 Å². The van der Waals surface area contributed by atoms with Crippen molar-refractivity contribution >= 4 is 29.3 Å². The van der Waals surface area contributed by atoms with Crippen LogP contribution in [0.3, 0.4) is 0 Å². The Bertz CT molecular complexity index is 1370. The molecule has 0 aliphatic carbocycles. The molecule has 0 spiro atoms. The van der Waals surface area contributed by atoms with Crippen LogP contribution in [0.4, 0.5) is 5.69 Å². The van der Waals surface area contributed by atoms with Crippen molar-refractivity contribution in [3.8, 4) is 23.0 Å². The molecule has 1 N–H and O–H groups in total. The number of unbranched alkanes of at least 4 members (excludes halogenated alkanes) is 1. The molecule has 4 aromatic rings. The van der Waals surface area contributed by atoms with Crippen LogP contribution in [0, 0.1) is 11.3 Å². The SMILES string of the molecule is CCCCc1ccc(NC(=O)C(C#N)=Cc2cn(-c3ccccc3)nc2-c2ccc(Cl)cc2)cc1. The Hall–Kier alpha value is -4.14. The van der Waals surface area contributed by atoms with Gasteiger partial charge in [-0.1, -0.05) is 67.4 Å². The predicted molar refractivity (Wildman–Crippen MR) is 141 cm³/mol. The summed E-state index contributed by atoms with van der Waals surface area (Å²) < 4.78 is 1.73. The van der Waals surface area contributed by atoms with Gasteiger partial charge in [-0.05, 0) is 60.9 Å². The number of nitrogens with zero attached hydrogens (tertiary/aromatic N) is 3. The summed E-state index contributed by atoms with van der Waals surface area (Å²) in [6.07, 6.45) is 6.65. The Morgan fingerprint density at radius 1 is 1.06 bits per heavy atom. The van der Waals surface area contributed by atoms with Crippen molar-refractivity contribution in [3.63, 3.8) is 0 Å². The van der Waals surface area contributed by atoms with E-state index in [1.165, 1.54) is 5.56 Å². The van der Waals surface area contributed by atoms with Gasteiger partial charge in [-0.25, -0.2) is 4.68 Å². The van der Waals surface area contributed by atoms with Crippen molar-refractivity contribution in [2.75, 3.05) is 5.32 Å². The Morgan fingerprint density at radius 3 is 2.43 bits per heavy atom. The molecule has 174 valence electrons. The third-order valence-corrected chi connectivity index (χ3v) is 5.83. The van der Waals surface area contributed by atoms with Crippen molar-refractivity contribution in [1.29, 1.82) is 5.26 Å². The van der Waals surface area contributed by atoms with E-state index in [9.17, 15) is 10.1 Å². The molecule has 0 aliphatic rings. The molecule has 1 amide bonds. The number of amides is 1. The summed E-state index contributed by atoms with van der Waals surface area (Å²) in [4.78, 5) is 12.9. The van der Waals surface area contributed by atoms with Crippen LogP contribution in [0.1, 0.15) is 30.9 Å². The maximum Gasteiger partial charge on any atom is 0.266 e. The Balaban J connectivity index is 1.65. The van der Waals surface area contributed by atoms with Gasteiger partial charge in [0.2, 0.25) is 0 Å². The summed E-state index contributed by atoms with van der Waals surface area (Å²) >= 11 is 6.07. The first kappa shape index (κ1) is 24.0. The monoisotopic (exact) mass is 480 g/mol. The van der Waals surface area contributed by atoms with E-state index in [1.807, 2.05) is 79.0 Å². The van der Waals surface area contributed by atoms with Crippen LogP contribution in [0.5, 0.6) is 0 Å². The zero-order valence-electron chi connectivity index (χ0n) is 19.4. The first-order valence-electron chi connectivity index (χ1n) is 11.5. The highest BCUT2D eigenvalue weighted by molar-refractivity contribution is 6.30. The Labute approximate surface area is 210 Å². The second-order valence-corrected chi connectivity index (χ2v) is 8.58. The number of carbonyl (C=O) groups is 1. The number of anilines is 1. The molecule has 1 heterocycles. The van der Waals surface area contributed by atoms with Crippen molar-refractivity contribution < 1.29 is 4.79 Å². The number of halogens is 1. The number of para-hydroxylation sites is 1. The lowest BCUT2D eigenvalue weighted by Crippen LogP contribution is -2.13. The summed E-state index contributed by atoms with van der Waals surface area (Å²) in [5.41, 5.74) is 4.85. The zero-order valence-corrected chi connectivity index (χ0v) is 20.2. The molecular weight excluding hydrogens is 456 g/mol. The van der Waals surface area contributed by atoms with Crippen LogP contribution in [0.2, 0.25) is 5.02 Å². The third kappa shape index (κ3) is 6.06. The summed E-state index contributed by atoms with van der Waals surface area (Å²) in [5, 5.41) is 18.0. The predicted octanol–water partition coefficient (Wildman–Crippen LogP) is 7.08. The number of nitrogens with one attached hydrogen (secondary N) is 1. The normalized spacial score (nSPS) is 11.2. The van der Waals surface area contributed by atoms with E-state index < -0.39 is 5.91 Å². The molecule has 0 radical (unpaired) electrons. The van der Waals surface area contributed by atoms with Crippen molar-refractivity contribution in [2.45, 2.75) is 26.2 Å². The highest BCUT2D eigenvalue weighted by atomic mass is 35.5. The van der Waals surface area contributed by atoms with E-state index in [2.05, 4.69) is 12.2 Å². The number of carbonyl (C=O) groups excluding carboxylic acids is 1. The van der Waals surface area contributed by atoms with Crippen LogP contribution < -0.4 is 5.32 Å². The second kappa shape index (κ2) is 11.3. The van der Waals surface area contributed by atoms with Gasteiger partial charge in [-0.3, -0.25) is 4.79 Å². The van der Waals surface area contributed by atoms with Gasteiger partial charge in [0.05, 0.1) is 11.4 Å². The highest BCUT2D eigenvalue weighted by Gasteiger charge is 2.15. The van der Waals surface area contributed by atoms with Gasteiger partial charge in [-0.2, -0.15) is 10.4 Å². The standard InChI is InChI=1S/C29H25ClN4O/c1-2-3-7-21-10-16-26(17-11-21)32-29(35)23(19-31)18-24-20-34(27-8-5-4-6-9-27)33-28(24)22-12-14-25(30)15-13-22/h4-6,8-18,20H,2-3,7H2,1H3,(H,32,35). The summed E-state index contributed by atoms with van der Waals surface area (Å²) in [6, 6.07) is 26.7. The number of rotatable bonds is 8. The maximum atomic E-state index is 12.9. The summed E-state index contributed by atoms with van der Waals surface area (Å²) in [5.74, 6) is -0.469. The molecule has 0 aliphatic heterocycles. The van der Waals surface area contributed by atoms with Gasteiger partial charge < -0.3 is 5.32 Å². The number of aromatic nitrogens is 2. The molecule has 1 aromatic heterocycles. The number of aryl methyl sites for hydroxylation is 1. The topological polar surface area (TPSA) is 70.7 Å². The number of hydrogen-bond donors (Lipinski definition) is 1. The van der Waals surface area contributed by atoms with Gasteiger partial charge in [0.15, 0.2) is 0 Å². The van der Waals surface area contributed by atoms with Crippen LogP contribution in [-0.4, -0.2) is 15.7 Å². The first-order valence-corrected chi connectivity index (χ1v) is 11.9. The van der Waals surface area contributed by atoms with Gasteiger partial charge in [-0.15, -0.1) is 0 Å². The Kier molecular flexibility index (Phi) is 7.77. The molecule has 3 aromatic carbocycles. The summed E-state index contributed by atoms with van der Waals surface area (Å²) in [6.45, 7) is 2.16. The van der Waals surface area contributed by atoms with Crippen LogP contribution in [0.25, 0.3) is 23.0 Å². The molecule has 6 heteroatoms. The van der Waals surface area contributed by atoms with Crippen LogP contribution in [-0.2, 0) is 11.2 Å². The van der Waals surface area contributed by atoms with Crippen molar-refractivity contribution in [3.05, 3.63) is 107 Å². The number of nitriles is 1. The lowest BCUT2D eigenvalue weighted by atomic mass is 10.1. The molecule has 0 unspecified atom stereocenters. The van der Waals surface area contributed by atoms with E-state index in [0.717, 1.165) is 30.5 Å². The fourth-order valence-electron chi connectivity index (χ4n) is 3.68. The lowest BCUT2D eigenvalue weighted by molar-refractivity contribution is -0.112.